The van der Waals surface area contributed by atoms with Crippen LogP contribution in [0.4, 0.5) is 29.3 Å². The first kappa shape index (κ1) is 25.9. The van der Waals surface area contributed by atoms with Gasteiger partial charge in [-0.3, -0.25) is 9.69 Å². The summed E-state index contributed by atoms with van der Waals surface area (Å²) < 4.78 is 71.7. The standard InChI is InChI=1S/C22H24F3N5O5S/c23-17-13-15(29-14-16(35-22(29)32)5-7-19(31)21(24)25)4-6-18(17)28-10-9-27-30(12-11-28)36(33,34)20-3-1-2-8-26-20/h1-4,6,8,13,16,21,27H,5,7,9-12,14H2/t16-/m0/s1. The minimum atomic E-state index is -3.88. The number of Topliss-reactive ketones (excluding diaryl/α,β-unsaturated/α-hetero) is 1. The molecule has 2 aliphatic rings. The molecular formula is C22H24F3N5O5S. The SMILES string of the molecule is O=C(CC[C@H]1CN(c2ccc(N3CCNN(S(=O)(=O)c4ccccn4)CC3)c(F)c2)C(=O)O1)C(F)F. The van der Waals surface area contributed by atoms with E-state index in [9.17, 15) is 26.8 Å². The fraction of sp³-hybridized carbons (Fsp3) is 0.409. The Morgan fingerprint density at radius 1 is 1.19 bits per heavy atom. The summed E-state index contributed by atoms with van der Waals surface area (Å²) in [6, 6.07) is 8.73. The molecule has 1 N–H and O–H groups in total. The fourth-order valence-electron chi connectivity index (χ4n) is 3.99. The topological polar surface area (TPSA) is 112 Å². The number of ether oxygens (including phenoxy) is 1. The van der Waals surface area contributed by atoms with Crippen molar-refractivity contribution in [3.63, 3.8) is 0 Å². The number of sulfonamides is 1. The Balaban J connectivity index is 1.41. The number of hydrazine groups is 1. The highest BCUT2D eigenvalue weighted by Gasteiger charge is 2.34. The number of carbonyl (C=O) groups excluding carboxylic acids is 2. The number of benzene rings is 1. The molecule has 2 saturated heterocycles. The maximum Gasteiger partial charge on any atom is 0.414 e. The van der Waals surface area contributed by atoms with Gasteiger partial charge in [0.05, 0.1) is 17.9 Å². The number of anilines is 2. The van der Waals surface area contributed by atoms with E-state index in [0.717, 1.165) is 10.5 Å². The van der Waals surface area contributed by atoms with Crippen LogP contribution in [0.5, 0.6) is 0 Å². The Labute approximate surface area is 205 Å². The molecule has 2 fully saturated rings. The van der Waals surface area contributed by atoms with Crippen LogP contribution in [0.15, 0.2) is 47.6 Å². The van der Waals surface area contributed by atoms with Gasteiger partial charge in [0, 0.05) is 38.8 Å². The van der Waals surface area contributed by atoms with Gasteiger partial charge in [0.15, 0.2) is 10.8 Å². The molecule has 194 valence electrons. The smallest absolute Gasteiger partial charge is 0.414 e. The van der Waals surface area contributed by atoms with Crippen molar-refractivity contribution in [2.75, 3.05) is 42.5 Å². The Kier molecular flexibility index (Phi) is 7.76. The largest absolute Gasteiger partial charge is 0.444 e. The predicted molar refractivity (Wildman–Crippen MR) is 123 cm³/mol. The monoisotopic (exact) mass is 527 g/mol. The quantitative estimate of drug-likeness (QED) is 0.556. The van der Waals surface area contributed by atoms with Gasteiger partial charge < -0.3 is 9.64 Å². The molecule has 14 heteroatoms. The van der Waals surface area contributed by atoms with Crippen molar-refractivity contribution >= 4 is 33.3 Å². The van der Waals surface area contributed by atoms with E-state index < -0.39 is 46.7 Å². The van der Waals surface area contributed by atoms with Gasteiger partial charge in [-0.25, -0.2) is 36.8 Å². The molecule has 0 spiro atoms. The van der Waals surface area contributed by atoms with E-state index in [1.807, 2.05) is 0 Å². The summed E-state index contributed by atoms with van der Waals surface area (Å²) in [7, 11) is -3.88. The van der Waals surface area contributed by atoms with Crippen molar-refractivity contribution in [3.8, 4) is 0 Å². The molecule has 2 aromatic rings. The van der Waals surface area contributed by atoms with Crippen LogP contribution < -0.4 is 15.2 Å². The molecule has 1 atom stereocenters. The van der Waals surface area contributed by atoms with Crippen LogP contribution in [0.3, 0.4) is 0 Å². The van der Waals surface area contributed by atoms with Crippen LogP contribution in [0, 0.1) is 5.82 Å². The van der Waals surface area contributed by atoms with E-state index in [0.29, 0.717) is 6.54 Å². The van der Waals surface area contributed by atoms with Gasteiger partial charge >= 0.3 is 6.09 Å². The number of alkyl halides is 2. The third-order valence-corrected chi connectivity index (χ3v) is 7.51. The summed E-state index contributed by atoms with van der Waals surface area (Å²) in [6.45, 7) is 0.780. The highest BCUT2D eigenvalue weighted by atomic mass is 32.2. The van der Waals surface area contributed by atoms with E-state index in [1.54, 1.807) is 17.0 Å². The Morgan fingerprint density at radius 3 is 2.69 bits per heavy atom. The number of hydrogen-bond donors (Lipinski definition) is 1. The molecule has 0 aliphatic carbocycles. The predicted octanol–water partition coefficient (Wildman–Crippen LogP) is 2.18. The van der Waals surface area contributed by atoms with E-state index in [2.05, 4.69) is 10.4 Å². The van der Waals surface area contributed by atoms with Crippen LogP contribution in [-0.4, -0.2) is 74.9 Å². The van der Waals surface area contributed by atoms with Gasteiger partial charge in [0.2, 0.25) is 0 Å². The first-order valence-electron chi connectivity index (χ1n) is 11.2. The van der Waals surface area contributed by atoms with Gasteiger partial charge in [-0.15, -0.1) is 4.41 Å². The zero-order chi connectivity index (χ0) is 25.9. The van der Waals surface area contributed by atoms with Crippen molar-refractivity contribution in [1.29, 1.82) is 0 Å². The highest BCUT2D eigenvalue weighted by molar-refractivity contribution is 7.89. The number of halogens is 3. The minimum absolute atomic E-state index is 0.00210. The van der Waals surface area contributed by atoms with Crippen LogP contribution in [0.2, 0.25) is 0 Å². The fourth-order valence-corrected chi connectivity index (χ4v) is 5.24. The summed E-state index contributed by atoms with van der Waals surface area (Å²) in [5.74, 6) is -1.85. The molecule has 1 aromatic carbocycles. The molecule has 2 aliphatic heterocycles. The lowest BCUT2D eigenvalue weighted by molar-refractivity contribution is -0.129. The number of ketones is 1. The number of amides is 1. The lowest BCUT2D eigenvalue weighted by Crippen LogP contribution is -2.43. The molecular weight excluding hydrogens is 503 g/mol. The van der Waals surface area contributed by atoms with Gasteiger partial charge in [-0.2, -0.15) is 0 Å². The number of nitrogens with one attached hydrogen (secondary N) is 1. The number of rotatable bonds is 8. The number of cyclic esters (lactones) is 1. The third kappa shape index (κ3) is 5.60. The summed E-state index contributed by atoms with van der Waals surface area (Å²) in [4.78, 5) is 30.1. The minimum Gasteiger partial charge on any atom is -0.444 e. The summed E-state index contributed by atoms with van der Waals surface area (Å²) in [5.41, 5.74) is 3.28. The Bertz CT molecular complexity index is 1220. The summed E-state index contributed by atoms with van der Waals surface area (Å²) in [5, 5.41) is -0.101. The lowest BCUT2D eigenvalue weighted by Gasteiger charge is -2.24. The third-order valence-electron chi connectivity index (χ3n) is 5.85. The Morgan fingerprint density at radius 2 is 2.00 bits per heavy atom. The normalized spacial score (nSPS) is 19.4. The molecule has 3 heterocycles. The Hall–Kier alpha value is -3.23. The zero-order valence-corrected chi connectivity index (χ0v) is 19.8. The number of hydrogen-bond acceptors (Lipinski definition) is 8. The van der Waals surface area contributed by atoms with Gasteiger partial charge in [0.1, 0.15) is 11.9 Å². The average Bonchev–Trinajstić information content (AvgIpc) is 3.06. The lowest BCUT2D eigenvalue weighted by atomic mass is 10.1. The maximum absolute atomic E-state index is 15.1. The second-order valence-corrected chi connectivity index (χ2v) is 10.0. The summed E-state index contributed by atoms with van der Waals surface area (Å²) in [6.07, 6.45) is -3.68. The van der Waals surface area contributed by atoms with Crippen LogP contribution in [0.1, 0.15) is 12.8 Å². The van der Waals surface area contributed by atoms with Crippen molar-refractivity contribution in [2.45, 2.75) is 30.4 Å². The maximum atomic E-state index is 15.1. The first-order valence-corrected chi connectivity index (χ1v) is 12.6. The van der Waals surface area contributed by atoms with Crippen molar-refractivity contribution in [2.24, 2.45) is 0 Å². The van der Waals surface area contributed by atoms with E-state index >= 15 is 4.39 Å². The highest BCUT2D eigenvalue weighted by Crippen LogP contribution is 2.29. The van der Waals surface area contributed by atoms with E-state index in [4.69, 9.17) is 4.74 Å². The van der Waals surface area contributed by atoms with Crippen LogP contribution in [0.25, 0.3) is 0 Å². The van der Waals surface area contributed by atoms with E-state index in [-0.39, 0.29) is 49.0 Å². The molecule has 0 bridgehead atoms. The van der Waals surface area contributed by atoms with Gasteiger partial charge in [-0.05, 0) is 36.8 Å². The molecule has 0 saturated carbocycles. The van der Waals surface area contributed by atoms with Crippen molar-refractivity contribution < 1.29 is 35.9 Å². The molecule has 4 rings (SSSR count). The number of nitrogens with zero attached hydrogens (tertiary/aromatic N) is 4. The van der Waals surface area contributed by atoms with Crippen LogP contribution >= 0.6 is 0 Å². The number of aromatic nitrogens is 1. The second kappa shape index (κ2) is 10.8. The molecule has 0 radical (unpaired) electrons. The molecule has 0 unspecified atom stereocenters. The van der Waals surface area contributed by atoms with E-state index in [1.165, 1.54) is 29.3 Å². The number of carbonyl (C=O) groups is 2. The molecule has 10 nitrogen and oxygen atoms in total. The van der Waals surface area contributed by atoms with Crippen molar-refractivity contribution in [1.82, 2.24) is 14.8 Å². The first-order chi connectivity index (χ1) is 17.2. The number of pyridine rings is 1. The van der Waals surface area contributed by atoms with Gasteiger partial charge in [0.25, 0.3) is 16.4 Å². The summed E-state index contributed by atoms with van der Waals surface area (Å²) >= 11 is 0. The average molecular weight is 528 g/mol. The molecule has 36 heavy (non-hydrogen) atoms. The molecule has 1 aromatic heterocycles. The zero-order valence-electron chi connectivity index (χ0n) is 19.0. The second-order valence-electron chi connectivity index (χ2n) is 8.20. The van der Waals surface area contributed by atoms with Gasteiger partial charge in [-0.1, -0.05) is 6.07 Å². The van der Waals surface area contributed by atoms with Crippen LogP contribution in [-0.2, 0) is 19.6 Å². The van der Waals surface area contributed by atoms with Crippen molar-refractivity contribution in [3.05, 3.63) is 48.4 Å². The molecule has 1 amide bonds.